The van der Waals surface area contributed by atoms with E-state index in [1.54, 1.807) is 7.11 Å². The number of hydroxylamine groups is 1. The fraction of sp³-hybridized carbons (Fsp3) is 0.250. The quantitative estimate of drug-likeness (QED) is 0.136. The van der Waals surface area contributed by atoms with Gasteiger partial charge in [-0.3, -0.25) is 14.5 Å². The molecule has 1 atom stereocenters. The lowest BCUT2D eigenvalue weighted by Gasteiger charge is -2.36. The molecule has 1 amide bonds. The van der Waals surface area contributed by atoms with Gasteiger partial charge < -0.3 is 25.0 Å². The van der Waals surface area contributed by atoms with Crippen LogP contribution in [0.15, 0.2) is 104 Å². The first-order valence-electron chi connectivity index (χ1n) is 15.6. The summed E-state index contributed by atoms with van der Waals surface area (Å²) in [6.07, 6.45) is 5.46. The van der Waals surface area contributed by atoms with E-state index in [1.807, 2.05) is 77.9 Å². The summed E-state index contributed by atoms with van der Waals surface area (Å²) in [5.74, 6) is 2.97. The molecule has 1 unspecified atom stereocenters. The minimum Gasteiger partial charge on any atom is -0.494 e. The van der Waals surface area contributed by atoms with Gasteiger partial charge in [0.1, 0.15) is 29.4 Å². The number of methoxy groups -OCH3 is 1. The Hall–Kier alpha value is -5.39. The lowest BCUT2D eigenvalue weighted by Crippen LogP contribution is -2.46. The van der Waals surface area contributed by atoms with Gasteiger partial charge >= 0.3 is 0 Å². The predicted octanol–water partition coefficient (Wildman–Crippen LogP) is 6.34. The average molecular weight is 634 g/mol. The Labute approximate surface area is 275 Å². The average Bonchev–Trinajstić information content (AvgIpc) is 3.60. The van der Waals surface area contributed by atoms with Crippen molar-refractivity contribution in [3.05, 3.63) is 110 Å². The van der Waals surface area contributed by atoms with Crippen molar-refractivity contribution in [1.29, 1.82) is 0 Å². The van der Waals surface area contributed by atoms with Crippen LogP contribution in [0.5, 0.6) is 17.2 Å². The zero-order chi connectivity index (χ0) is 32.6. The SMILES string of the molecule is C=CCN1CCN(c2cc(OC)c(Nc3cc(N4OCCC4c4cccc(Oc5ccccc5)c4)ncn3)cc2NC(=O)C=C)CC1. The molecular formula is C36H39N7O4. The molecule has 6 rings (SSSR count). The van der Waals surface area contributed by atoms with Crippen LogP contribution in [0, 0.1) is 0 Å². The van der Waals surface area contributed by atoms with Gasteiger partial charge in [0, 0.05) is 51.3 Å². The van der Waals surface area contributed by atoms with Crippen molar-refractivity contribution in [2.75, 3.05) is 67.0 Å². The summed E-state index contributed by atoms with van der Waals surface area (Å²) in [5.41, 5.74) is 3.20. The van der Waals surface area contributed by atoms with Crippen LogP contribution < -0.4 is 30.1 Å². The number of piperazine rings is 1. The molecule has 242 valence electrons. The van der Waals surface area contributed by atoms with Crippen LogP contribution in [0.25, 0.3) is 0 Å². The van der Waals surface area contributed by atoms with Gasteiger partial charge in [0.05, 0.1) is 36.8 Å². The van der Waals surface area contributed by atoms with E-state index in [1.165, 1.54) is 12.4 Å². The number of aromatic nitrogens is 2. The minimum atomic E-state index is -0.299. The minimum absolute atomic E-state index is 0.0708. The highest BCUT2D eigenvalue weighted by Crippen LogP contribution is 2.40. The maximum Gasteiger partial charge on any atom is 0.247 e. The molecule has 2 N–H and O–H groups in total. The smallest absolute Gasteiger partial charge is 0.247 e. The molecule has 2 fully saturated rings. The van der Waals surface area contributed by atoms with E-state index in [2.05, 4.69) is 49.6 Å². The summed E-state index contributed by atoms with van der Waals surface area (Å²) < 4.78 is 11.9. The van der Waals surface area contributed by atoms with Crippen molar-refractivity contribution < 1.29 is 19.1 Å². The molecule has 4 aromatic rings. The van der Waals surface area contributed by atoms with Gasteiger partial charge in [-0.25, -0.2) is 15.0 Å². The van der Waals surface area contributed by atoms with E-state index in [0.29, 0.717) is 35.4 Å². The summed E-state index contributed by atoms with van der Waals surface area (Å²) >= 11 is 0. The number of nitrogens with zero attached hydrogens (tertiary/aromatic N) is 5. The van der Waals surface area contributed by atoms with Gasteiger partial charge in [0.25, 0.3) is 0 Å². The molecule has 0 bridgehead atoms. The van der Waals surface area contributed by atoms with Gasteiger partial charge in [0.15, 0.2) is 5.82 Å². The first kappa shape index (κ1) is 31.6. The molecule has 1 aromatic heterocycles. The monoisotopic (exact) mass is 633 g/mol. The number of carbonyl (C=O) groups excluding carboxylic acids is 1. The number of benzene rings is 3. The van der Waals surface area contributed by atoms with Crippen molar-refractivity contribution in [1.82, 2.24) is 14.9 Å². The number of hydrogen-bond donors (Lipinski definition) is 2. The van der Waals surface area contributed by atoms with Crippen LogP contribution in [0.4, 0.5) is 28.7 Å². The van der Waals surface area contributed by atoms with Crippen LogP contribution in [0.3, 0.4) is 0 Å². The molecule has 0 spiro atoms. The Morgan fingerprint density at radius 3 is 2.55 bits per heavy atom. The lowest BCUT2D eigenvalue weighted by atomic mass is 10.0. The Kier molecular flexibility index (Phi) is 9.95. The van der Waals surface area contributed by atoms with Gasteiger partial charge in [-0.05, 0) is 42.0 Å². The largest absolute Gasteiger partial charge is 0.494 e. The molecule has 47 heavy (non-hydrogen) atoms. The molecule has 2 saturated heterocycles. The third-order valence-corrected chi connectivity index (χ3v) is 8.13. The van der Waals surface area contributed by atoms with Gasteiger partial charge in [0.2, 0.25) is 5.91 Å². The van der Waals surface area contributed by atoms with Crippen LogP contribution in [-0.2, 0) is 9.63 Å². The van der Waals surface area contributed by atoms with E-state index in [4.69, 9.17) is 14.3 Å². The topological polar surface area (TPSA) is 104 Å². The van der Waals surface area contributed by atoms with Crippen LogP contribution >= 0.6 is 0 Å². The fourth-order valence-corrected chi connectivity index (χ4v) is 5.82. The van der Waals surface area contributed by atoms with Crippen LogP contribution in [0.2, 0.25) is 0 Å². The molecular weight excluding hydrogens is 594 g/mol. The normalized spacial score (nSPS) is 16.4. The lowest BCUT2D eigenvalue weighted by molar-refractivity contribution is -0.111. The first-order chi connectivity index (χ1) is 23.0. The number of amides is 1. The van der Waals surface area contributed by atoms with E-state index in [9.17, 15) is 4.79 Å². The first-order valence-corrected chi connectivity index (χ1v) is 15.6. The summed E-state index contributed by atoms with van der Waals surface area (Å²) in [5, 5.41) is 8.16. The Bertz CT molecular complexity index is 1710. The van der Waals surface area contributed by atoms with Crippen LogP contribution in [0.1, 0.15) is 18.0 Å². The predicted molar refractivity (Wildman–Crippen MR) is 185 cm³/mol. The second kappa shape index (κ2) is 14.8. The highest BCUT2D eigenvalue weighted by atomic mass is 16.7. The summed E-state index contributed by atoms with van der Waals surface area (Å²) in [7, 11) is 1.62. The second-order valence-corrected chi connectivity index (χ2v) is 11.2. The van der Waals surface area contributed by atoms with Gasteiger partial charge in [-0.1, -0.05) is 43.0 Å². The fourth-order valence-electron chi connectivity index (χ4n) is 5.82. The molecule has 0 radical (unpaired) electrons. The Balaban J connectivity index is 1.24. The van der Waals surface area contributed by atoms with Crippen molar-refractivity contribution >= 4 is 34.6 Å². The number of nitrogens with one attached hydrogen (secondary N) is 2. The summed E-state index contributed by atoms with van der Waals surface area (Å²) in [6.45, 7) is 12.3. The summed E-state index contributed by atoms with van der Waals surface area (Å²) in [6, 6.07) is 23.3. The van der Waals surface area contributed by atoms with Gasteiger partial charge in [-0.15, -0.1) is 6.58 Å². The van der Waals surface area contributed by atoms with Crippen molar-refractivity contribution in [3.63, 3.8) is 0 Å². The molecule has 0 saturated carbocycles. The van der Waals surface area contributed by atoms with Gasteiger partial charge in [-0.2, -0.15) is 0 Å². The summed E-state index contributed by atoms with van der Waals surface area (Å²) in [4.78, 5) is 32.1. The molecule has 3 heterocycles. The third-order valence-electron chi connectivity index (χ3n) is 8.13. The van der Waals surface area contributed by atoms with E-state index >= 15 is 0 Å². The number of carbonyl (C=O) groups is 1. The molecule has 0 aliphatic carbocycles. The maximum absolute atomic E-state index is 12.5. The molecule has 3 aromatic carbocycles. The van der Waals surface area contributed by atoms with Crippen LogP contribution in [-0.4, -0.2) is 67.2 Å². The number of anilines is 5. The van der Waals surface area contributed by atoms with Crippen molar-refractivity contribution in [2.24, 2.45) is 0 Å². The van der Waals surface area contributed by atoms with Crippen molar-refractivity contribution in [2.45, 2.75) is 12.5 Å². The van der Waals surface area contributed by atoms with E-state index < -0.39 is 0 Å². The standard InChI is InChI=1S/C36H39N7O4/c1-4-15-41-16-18-42(19-17-41)32-23-33(45-3)30(22-29(32)40-36(44)5-2)39-34-24-35(38-25-37-34)43-31(14-20-46-43)26-10-9-13-28(21-26)47-27-11-7-6-8-12-27/h4-13,21-25,31H,1-2,14-20H2,3H3,(H,40,44)(H,37,38,39). The highest BCUT2D eigenvalue weighted by Gasteiger charge is 2.30. The second-order valence-electron chi connectivity index (χ2n) is 11.2. The molecule has 11 heteroatoms. The maximum atomic E-state index is 12.5. The number of hydrogen-bond acceptors (Lipinski definition) is 10. The third kappa shape index (κ3) is 7.54. The molecule has 11 nitrogen and oxygen atoms in total. The number of rotatable bonds is 12. The zero-order valence-electron chi connectivity index (χ0n) is 26.5. The van der Waals surface area contributed by atoms with E-state index in [-0.39, 0.29) is 11.9 Å². The Morgan fingerprint density at radius 1 is 0.979 bits per heavy atom. The highest BCUT2D eigenvalue weighted by molar-refractivity contribution is 6.02. The van der Waals surface area contributed by atoms with E-state index in [0.717, 1.165) is 61.9 Å². The molecule has 2 aliphatic rings. The zero-order valence-corrected chi connectivity index (χ0v) is 26.5. The number of para-hydroxylation sites is 1. The molecule has 2 aliphatic heterocycles. The Morgan fingerprint density at radius 2 is 1.79 bits per heavy atom. The van der Waals surface area contributed by atoms with Crippen molar-refractivity contribution in [3.8, 4) is 17.2 Å². The number of ether oxygens (including phenoxy) is 2.